The molecule has 1 aromatic heterocycles. The molecule has 2 aliphatic rings. The van der Waals surface area contributed by atoms with Crippen molar-refractivity contribution in [3.8, 4) is 0 Å². The van der Waals surface area contributed by atoms with Crippen molar-refractivity contribution in [1.29, 1.82) is 0 Å². The third-order valence-corrected chi connectivity index (χ3v) is 7.34. The van der Waals surface area contributed by atoms with Gasteiger partial charge in [0.2, 0.25) is 0 Å². The lowest BCUT2D eigenvalue weighted by molar-refractivity contribution is -0.0238. The van der Waals surface area contributed by atoms with E-state index >= 15 is 0 Å². The maximum Gasteiger partial charge on any atom is 0.348 e. The van der Waals surface area contributed by atoms with Gasteiger partial charge >= 0.3 is 5.97 Å². The normalized spacial score (nSPS) is 35.6. The fraction of sp³-hybridized carbons (Fsp3) is 0.667. The van der Waals surface area contributed by atoms with E-state index in [0.29, 0.717) is 10.8 Å². The molecule has 2 nitrogen and oxygen atoms in total. The Morgan fingerprint density at radius 3 is 2.63 bits per heavy atom. The Labute approximate surface area is 126 Å². The fourth-order valence-electron chi connectivity index (χ4n) is 3.92. The molecule has 2 saturated carbocycles. The molecule has 104 valence electrons. The Morgan fingerprint density at radius 1 is 1.42 bits per heavy atom. The van der Waals surface area contributed by atoms with Crippen LogP contribution in [-0.4, -0.2) is 12.1 Å². The first-order valence-corrected chi connectivity index (χ1v) is 8.42. The SMILES string of the molecule is CC1(C)[C@H]2CC[C@@]1(C)[C@@H](OC(=O)c1ccc(Br)s1)C2. The lowest BCUT2D eigenvalue weighted by atomic mass is 9.70. The van der Waals surface area contributed by atoms with Crippen molar-refractivity contribution in [3.05, 3.63) is 20.8 Å². The number of halogens is 1. The summed E-state index contributed by atoms with van der Waals surface area (Å²) in [6.07, 6.45) is 3.57. The molecular weight excluding hydrogens is 324 g/mol. The third kappa shape index (κ3) is 1.90. The van der Waals surface area contributed by atoms with Crippen molar-refractivity contribution < 1.29 is 9.53 Å². The van der Waals surface area contributed by atoms with Gasteiger partial charge in [0, 0.05) is 5.41 Å². The van der Waals surface area contributed by atoms with Crippen LogP contribution in [0.1, 0.15) is 49.7 Å². The molecule has 0 aliphatic heterocycles. The molecule has 0 saturated heterocycles. The Hall–Kier alpha value is -0.350. The molecule has 0 amide bonds. The van der Waals surface area contributed by atoms with E-state index in [0.717, 1.165) is 10.2 Å². The average Bonchev–Trinajstić information content (AvgIpc) is 2.91. The highest BCUT2D eigenvalue weighted by molar-refractivity contribution is 9.11. The molecule has 0 radical (unpaired) electrons. The van der Waals surface area contributed by atoms with Crippen molar-refractivity contribution >= 4 is 33.2 Å². The van der Waals surface area contributed by atoms with E-state index in [-0.39, 0.29) is 22.9 Å². The molecular formula is C15H19BrO2S. The Morgan fingerprint density at radius 2 is 2.16 bits per heavy atom. The van der Waals surface area contributed by atoms with Crippen molar-refractivity contribution in [1.82, 2.24) is 0 Å². The molecule has 4 heteroatoms. The van der Waals surface area contributed by atoms with Gasteiger partial charge in [-0.05, 0) is 58.7 Å². The average molecular weight is 343 g/mol. The van der Waals surface area contributed by atoms with Crippen LogP contribution < -0.4 is 0 Å². The number of hydrogen-bond donors (Lipinski definition) is 0. The number of thiophene rings is 1. The number of carbonyl (C=O) groups excluding carboxylic acids is 1. The molecule has 1 heterocycles. The second-order valence-electron chi connectivity index (χ2n) is 6.61. The quantitative estimate of drug-likeness (QED) is 0.715. The van der Waals surface area contributed by atoms with Crippen molar-refractivity contribution in [2.24, 2.45) is 16.7 Å². The molecule has 2 aliphatic carbocycles. The molecule has 0 spiro atoms. The second-order valence-corrected chi connectivity index (χ2v) is 9.07. The number of carbonyl (C=O) groups is 1. The predicted molar refractivity (Wildman–Crippen MR) is 80.5 cm³/mol. The van der Waals surface area contributed by atoms with Gasteiger partial charge in [0.1, 0.15) is 11.0 Å². The molecule has 1 aromatic rings. The summed E-state index contributed by atoms with van der Waals surface area (Å²) in [5.41, 5.74) is 0.426. The summed E-state index contributed by atoms with van der Waals surface area (Å²) < 4.78 is 6.81. The van der Waals surface area contributed by atoms with Gasteiger partial charge in [-0.15, -0.1) is 11.3 Å². The van der Waals surface area contributed by atoms with E-state index in [4.69, 9.17) is 4.74 Å². The lowest BCUT2D eigenvalue weighted by Gasteiger charge is -2.38. The summed E-state index contributed by atoms with van der Waals surface area (Å²) in [4.78, 5) is 12.9. The van der Waals surface area contributed by atoms with Crippen LogP contribution in [0.4, 0.5) is 0 Å². The van der Waals surface area contributed by atoms with Crippen LogP contribution in [0.15, 0.2) is 15.9 Å². The first-order valence-electron chi connectivity index (χ1n) is 6.81. The minimum Gasteiger partial charge on any atom is -0.458 e. The van der Waals surface area contributed by atoms with Crippen LogP contribution in [0.3, 0.4) is 0 Å². The molecule has 0 aromatic carbocycles. The van der Waals surface area contributed by atoms with Gasteiger partial charge in [0.15, 0.2) is 0 Å². The van der Waals surface area contributed by atoms with Gasteiger partial charge in [0.25, 0.3) is 0 Å². The van der Waals surface area contributed by atoms with Crippen LogP contribution in [0.25, 0.3) is 0 Å². The number of fused-ring (bicyclic) bond motifs is 2. The molecule has 0 N–H and O–H groups in total. The highest BCUT2D eigenvalue weighted by Crippen LogP contribution is 2.66. The molecule has 0 unspecified atom stereocenters. The van der Waals surface area contributed by atoms with Gasteiger partial charge in [-0.2, -0.15) is 0 Å². The zero-order valence-electron chi connectivity index (χ0n) is 11.5. The standard InChI is InChI=1S/C15H19BrO2S/c1-14(2)9-6-7-15(14,3)11(8-9)18-13(17)10-4-5-12(16)19-10/h4-5,9,11H,6-8H2,1-3H3/t9-,11-,15-/m0/s1. The minimum absolute atomic E-state index is 0.0784. The van der Waals surface area contributed by atoms with Crippen LogP contribution >= 0.6 is 27.3 Å². The molecule has 2 bridgehead atoms. The van der Waals surface area contributed by atoms with Gasteiger partial charge < -0.3 is 4.74 Å². The van der Waals surface area contributed by atoms with Crippen LogP contribution in [0.5, 0.6) is 0 Å². The van der Waals surface area contributed by atoms with Crippen LogP contribution in [0.2, 0.25) is 0 Å². The van der Waals surface area contributed by atoms with Gasteiger partial charge in [-0.3, -0.25) is 0 Å². The summed E-state index contributed by atoms with van der Waals surface area (Å²) in [6, 6.07) is 3.73. The maximum absolute atomic E-state index is 12.2. The van der Waals surface area contributed by atoms with E-state index in [1.54, 1.807) is 0 Å². The van der Waals surface area contributed by atoms with Crippen molar-refractivity contribution in [2.75, 3.05) is 0 Å². The molecule has 19 heavy (non-hydrogen) atoms. The third-order valence-electron chi connectivity index (χ3n) is 5.74. The van der Waals surface area contributed by atoms with E-state index in [2.05, 4.69) is 36.7 Å². The van der Waals surface area contributed by atoms with Crippen LogP contribution in [0, 0.1) is 16.7 Å². The highest BCUT2D eigenvalue weighted by atomic mass is 79.9. The molecule has 3 rings (SSSR count). The Bertz CT molecular complexity index is 522. The highest BCUT2D eigenvalue weighted by Gasteiger charge is 2.62. The van der Waals surface area contributed by atoms with Crippen LogP contribution in [-0.2, 0) is 4.74 Å². The lowest BCUT2D eigenvalue weighted by Crippen LogP contribution is -2.38. The summed E-state index contributed by atoms with van der Waals surface area (Å²) >= 11 is 4.83. The fourth-order valence-corrected chi connectivity index (χ4v) is 5.19. The minimum atomic E-state index is -0.162. The topological polar surface area (TPSA) is 26.3 Å². The van der Waals surface area contributed by atoms with Gasteiger partial charge in [-0.25, -0.2) is 4.79 Å². The van der Waals surface area contributed by atoms with E-state index < -0.39 is 0 Å². The smallest absolute Gasteiger partial charge is 0.348 e. The summed E-state index contributed by atoms with van der Waals surface area (Å²) in [6.45, 7) is 6.96. The maximum atomic E-state index is 12.2. The summed E-state index contributed by atoms with van der Waals surface area (Å²) in [5, 5.41) is 0. The molecule has 3 atom stereocenters. The van der Waals surface area contributed by atoms with Gasteiger partial charge in [-0.1, -0.05) is 20.8 Å². The van der Waals surface area contributed by atoms with E-state index in [1.165, 1.54) is 24.2 Å². The van der Waals surface area contributed by atoms with Gasteiger partial charge in [0.05, 0.1) is 3.79 Å². The predicted octanol–water partition coefficient (Wildman–Crippen LogP) is 4.88. The molecule has 2 fully saturated rings. The van der Waals surface area contributed by atoms with Crippen molar-refractivity contribution in [3.63, 3.8) is 0 Å². The Balaban J connectivity index is 1.77. The van der Waals surface area contributed by atoms with E-state index in [1.807, 2.05) is 12.1 Å². The first kappa shape index (κ1) is 13.6. The number of esters is 1. The number of hydrogen-bond acceptors (Lipinski definition) is 3. The zero-order chi connectivity index (χ0) is 13.8. The largest absolute Gasteiger partial charge is 0.458 e. The van der Waals surface area contributed by atoms with E-state index in [9.17, 15) is 4.79 Å². The zero-order valence-corrected chi connectivity index (χ0v) is 13.9. The number of ether oxygens (including phenoxy) is 1. The number of rotatable bonds is 2. The monoisotopic (exact) mass is 342 g/mol. The van der Waals surface area contributed by atoms with Crippen molar-refractivity contribution in [2.45, 2.75) is 46.1 Å². The summed E-state index contributed by atoms with van der Waals surface area (Å²) in [5.74, 6) is 0.538. The Kier molecular flexibility index (Phi) is 3.10. The second kappa shape index (κ2) is 4.32. The first-order chi connectivity index (χ1) is 8.84. The summed E-state index contributed by atoms with van der Waals surface area (Å²) in [7, 11) is 0.